The van der Waals surface area contributed by atoms with Crippen molar-refractivity contribution in [3.05, 3.63) is 28.5 Å². The summed E-state index contributed by atoms with van der Waals surface area (Å²) in [5, 5.41) is 12.4. The Morgan fingerprint density at radius 1 is 1.34 bits per heavy atom. The Labute approximate surface area is 179 Å². The lowest BCUT2D eigenvalue weighted by Crippen LogP contribution is -2.61. The molecule has 6 rings (SSSR count). The Balaban J connectivity index is 1.41. The number of rotatable bonds is 5. The van der Waals surface area contributed by atoms with E-state index in [2.05, 4.69) is 61.9 Å². The fourth-order valence-corrected chi connectivity index (χ4v) is 7.11. The summed E-state index contributed by atoms with van der Waals surface area (Å²) in [5.41, 5.74) is 1.90. The SMILES string of the molecule is CCn1ncc(C(C)NC(=O)C23CC4CC(C2)CC(n2cnc(Br)n2)(C4)C3)c1C. The second-order valence-corrected chi connectivity index (χ2v) is 10.3. The summed E-state index contributed by atoms with van der Waals surface area (Å²) in [5.74, 6) is 1.42. The Morgan fingerprint density at radius 3 is 2.66 bits per heavy atom. The number of amides is 1. The second kappa shape index (κ2) is 6.65. The number of carbonyl (C=O) groups is 1. The molecule has 2 aromatic heterocycles. The molecule has 156 valence electrons. The molecule has 4 fully saturated rings. The van der Waals surface area contributed by atoms with Gasteiger partial charge >= 0.3 is 0 Å². The normalized spacial score (nSPS) is 33.8. The van der Waals surface area contributed by atoms with Crippen LogP contribution >= 0.6 is 15.9 Å². The lowest BCUT2D eigenvalue weighted by molar-refractivity contribution is -0.156. The fraction of sp³-hybridized carbons (Fsp3) is 0.714. The first kappa shape index (κ1) is 19.3. The van der Waals surface area contributed by atoms with Crippen LogP contribution < -0.4 is 5.32 Å². The van der Waals surface area contributed by atoms with Crippen LogP contribution in [0.3, 0.4) is 0 Å². The first-order valence-corrected chi connectivity index (χ1v) is 11.5. The molecule has 0 radical (unpaired) electrons. The van der Waals surface area contributed by atoms with Crippen LogP contribution in [0.25, 0.3) is 0 Å². The van der Waals surface area contributed by atoms with Gasteiger partial charge in [-0.25, -0.2) is 9.67 Å². The molecule has 8 heteroatoms. The molecule has 7 nitrogen and oxygen atoms in total. The van der Waals surface area contributed by atoms with Gasteiger partial charge in [-0.05, 0) is 87.1 Å². The average Bonchev–Trinajstić information content (AvgIpc) is 3.26. The summed E-state index contributed by atoms with van der Waals surface area (Å²) in [6, 6.07) is -0.0349. The smallest absolute Gasteiger partial charge is 0.226 e. The van der Waals surface area contributed by atoms with E-state index in [1.807, 2.05) is 17.2 Å². The maximum atomic E-state index is 13.7. The summed E-state index contributed by atoms with van der Waals surface area (Å²) in [4.78, 5) is 18.0. The van der Waals surface area contributed by atoms with Crippen LogP contribution in [0.2, 0.25) is 0 Å². The van der Waals surface area contributed by atoms with Gasteiger partial charge in [0.15, 0.2) is 0 Å². The molecular weight excluding hydrogens is 432 g/mol. The molecule has 0 saturated heterocycles. The maximum Gasteiger partial charge on any atom is 0.226 e. The van der Waals surface area contributed by atoms with Crippen molar-refractivity contribution in [2.45, 2.75) is 77.4 Å². The summed E-state index contributed by atoms with van der Waals surface area (Å²) in [6.45, 7) is 7.09. The van der Waals surface area contributed by atoms with E-state index in [0.717, 1.165) is 49.9 Å². The molecular formula is C21H29BrN6O. The third-order valence-electron chi connectivity index (χ3n) is 7.72. The van der Waals surface area contributed by atoms with Gasteiger partial charge < -0.3 is 5.32 Å². The monoisotopic (exact) mass is 460 g/mol. The third-order valence-corrected chi connectivity index (χ3v) is 8.08. The molecule has 2 aromatic rings. The van der Waals surface area contributed by atoms with Crippen molar-refractivity contribution in [3.63, 3.8) is 0 Å². The third kappa shape index (κ3) is 2.97. The van der Waals surface area contributed by atoms with Gasteiger partial charge in [0.1, 0.15) is 6.33 Å². The van der Waals surface area contributed by atoms with Crippen LogP contribution in [0.15, 0.2) is 17.3 Å². The predicted molar refractivity (Wildman–Crippen MR) is 112 cm³/mol. The molecule has 1 N–H and O–H groups in total. The van der Waals surface area contributed by atoms with Crippen LogP contribution in [0.5, 0.6) is 0 Å². The van der Waals surface area contributed by atoms with Crippen LogP contribution in [0.1, 0.15) is 69.7 Å². The number of nitrogens with zero attached hydrogens (tertiary/aromatic N) is 5. The molecule has 3 atom stereocenters. The van der Waals surface area contributed by atoms with Gasteiger partial charge in [-0.15, -0.1) is 5.10 Å². The summed E-state index contributed by atoms with van der Waals surface area (Å²) < 4.78 is 4.67. The number of hydrogen-bond acceptors (Lipinski definition) is 4. The molecule has 29 heavy (non-hydrogen) atoms. The number of aromatic nitrogens is 5. The minimum Gasteiger partial charge on any atom is -0.349 e. The molecule has 0 spiro atoms. The molecule has 4 bridgehead atoms. The predicted octanol–water partition coefficient (Wildman–Crippen LogP) is 3.74. The lowest BCUT2D eigenvalue weighted by Gasteiger charge is -2.61. The molecule has 0 aliphatic heterocycles. The summed E-state index contributed by atoms with van der Waals surface area (Å²) in [6.07, 6.45) is 10.1. The summed E-state index contributed by atoms with van der Waals surface area (Å²) >= 11 is 3.40. The molecule has 3 unspecified atom stereocenters. The van der Waals surface area contributed by atoms with Gasteiger partial charge in [-0.3, -0.25) is 9.48 Å². The van der Waals surface area contributed by atoms with Crippen LogP contribution in [-0.2, 0) is 16.9 Å². The highest BCUT2D eigenvalue weighted by molar-refractivity contribution is 9.10. The molecule has 0 aromatic carbocycles. The zero-order valence-electron chi connectivity index (χ0n) is 17.4. The quantitative estimate of drug-likeness (QED) is 0.736. The number of hydrogen-bond donors (Lipinski definition) is 1. The standard InChI is InChI=1S/C21H29BrN6O/c1-4-27-14(3)17(10-24-27)13(2)25-18(29)20-6-15-5-16(7-20)9-21(8-15,11-20)28-12-23-19(22)26-28/h10,12-13,15-16H,4-9,11H2,1-3H3,(H,25,29). The van der Waals surface area contributed by atoms with Crippen molar-refractivity contribution < 1.29 is 4.79 Å². The van der Waals surface area contributed by atoms with Crippen LogP contribution in [0, 0.1) is 24.2 Å². The zero-order chi connectivity index (χ0) is 20.4. The highest BCUT2D eigenvalue weighted by atomic mass is 79.9. The minimum atomic E-state index is -0.286. The van der Waals surface area contributed by atoms with Crippen molar-refractivity contribution in [2.75, 3.05) is 0 Å². The Morgan fingerprint density at radius 2 is 2.07 bits per heavy atom. The van der Waals surface area contributed by atoms with Gasteiger partial charge in [-0.2, -0.15) is 5.10 Å². The van der Waals surface area contributed by atoms with E-state index >= 15 is 0 Å². The van der Waals surface area contributed by atoms with Gasteiger partial charge in [0.2, 0.25) is 10.6 Å². The lowest BCUT2D eigenvalue weighted by atomic mass is 9.46. The number of carbonyl (C=O) groups excluding carboxylic acids is 1. The van der Waals surface area contributed by atoms with Crippen molar-refractivity contribution in [3.8, 4) is 0 Å². The van der Waals surface area contributed by atoms with Gasteiger partial charge in [0, 0.05) is 17.8 Å². The van der Waals surface area contributed by atoms with Gasteiger partial charge in [0.05, 0.1) is 23.2 Å². The molecule has 4 aliphatic carbocycles. The largest absolute Gasteiger partial charge is 0.349 e. The molecule has 1 amide bonds. The van der Waals surface area contributed by atoms with E-state index < -0.39 is 0 Å². The van der Waals surface area contributed by atoms with E-state index in [-0.39, 0.29) is 22.9 Å². The maximum absolute atomic E-state index is 13.7. The highest BCUT2D eigenvalue weighted by Crippen LogP contribution is 2.64. The molecule has 4 aliphatic rings. The minimum absolute atomic E-state index is 0.0349. The fourth-order valence-electron chi connectivity index (χ4n) is 6.85. The van der Waals surface area contributed by atoms with E-state index in [1.165, 1.54) is 6.42 Å². The first-order chi connectivity index (χ1) is 13.8. The van der Waals surface area contributed by atoms with E-state index in [9.17, 15) is 4.79 Å². The zero-order valence-corrected chi connectivity index (χ0v) is 18.9. The Kier molecular flexibility index (Phi) is 4.42. The van der Waals surface area contributed by atoms with Crippen LogP contribution in [-0.4, -0.2) is 30.5 Å². The Hall–Kier alpha value is -1.70. The van der Waals surface area contributed by atoms with E-state index in [1.54, 1.807) is 0 Å². The van der Waals surface area contributed by atoms with Crippen molar-refractivity contribution in [1.82, 2.24) is 29.9 Å². The van der Waals surface area contributed by atoms with Crippen LogP contribution in [0.4, 0.5) is 0 Å². The summed E-state index contributed by atoms with van der Waals surface area (Å²) in [7, 11) is 0. The Bertz CT molecular complexity index is 935. The van der Waals surface area contributed by atoms with E-state index in [0.29, 0.717) is 16.6 Å². The number of halogens is 1. The van der Waals surface area contributed by atoms with E-state index in [4.69, 9.17) is 0 Å². The van der Waals surface area contributed by atoms with Crippen molar-refractivity contribution >= 4 is 21.8 Å². The first-order valence-electron chi connectivity index (χ1n) is 10.7. The number of aryl methyl sites for hydroxylation is 1. The van der Waals surface area contributed by atoms with Gasteiger partial charge in [-0.1, -0.05) is 0 Å². The number of nitrogens with one attached hydrogen (secondary N) is 1. The highest BCUT2D eigenvalue weighted by Gasteiger charge is 2.61. The van der Waals surface area contributed by atoms with Gasteiger partial charge in [0.25, 0.3) is 0 Å². The second-order valence-electron chi connectivity index (χ2n) is 9.62. The molecule has 2 heterocycles. The van der Waals surface area contributed by atoms with Crippen molar-refractivity contribution in [1.29, 1.82) is 0 Å². The van der Waals surface area contributed by atoms with Crippen molar-refractivity contribution in [2.24, 2.45) is 17.3 Å². The molecule has 4 saturated carbocycles. The topological polar surface area (TPSA) is 77.6 Å². The average molecular weight is 461 g/mol.